The Balaban J connectivity index is 2.61. The number of allylic oxidation sites excluding steroid dienone is 1. The largest absolute Gasteiger partial charge is 0.383 e. The molecule has 1 rings (SSSR count). The first-order chi connectivity index (χ1) is 7.29. The fourth-order valence-electron chi connectivity index (χ4n) is 1.21. The Morgan fingerprint density at radius 1 is 1.73 bits per heavy atom. The summed E-state index contributed by atoms with van der Waals surface area (Å²) in [4.78, 5) is 4.22. The lowest BCUT2D eigenvalue weighted by Crippen LogP contribution is -2.18. The van der Waals surface area contributed by atoms with E-state index in [9.17, 15) is 0 Å². The Kier molecular flexibility index (Phi) is 4.63. The number of nitrogens with one attached hydrogen (secondary N) is 1. The molecular weight excluding hydrogens is 190 g/mol. The van der Waals surface area contributed by atoms with Gasteiger partial charge in [-0.1, -0.05) is 12.7 Å². The Bertz CT molecular complexity index is 341. The normalized spacial score (nSPS) is 10.8. The molecule has 0 aliphatic heterocycles. The lowest BCUT2D eigenvalue weighted by molar-refractivity contribution is 0.203. The second-order valence-corrected chi connectivity index (χ2v) is 3.04. The number of ether oxygens (including phenoxy) is 1. The van der Waals surface area contributed by atoms with Crippen molar-refractivity contribution in [3.63, 3.8) is 0 Å². The van der Waals surface area contributed by atoms with E-state index >= 15 is 0 Å². The molecule has 1 heterocycles. The summed E-state index contributed by atoms with van der Waals surface area (Å²) in [5.41, 5.74) is 0.801. The molecule has 0 amide bonds. The van der Waals surface area contributed by atoms with Gasteiger partial charge in [0.1, 0.15) is 0 Å². The van der Waals surface area contributed by atoms with Gasteiger partial charge in [0.25, 0.3) is 0 Å². The summed E-state index contributed by atoms with van der Waals surface area (Å²) in [6, 6.07) is 0. The van der Waals surface area contributed by atoms with E-state index in [1.165, 1.54) is 0 Å². The lowest BCUT2D eigenvalue weighted by Gasteiger charge is -2.08. The summed E-state index contributed by atoms with van der Waals surface area (Å²) >= 11 is 0. The topological polar surface area (TPSA) is 39.1 Å². The molecule has 0 bridgehead atoms. The highest BCUT2D eigenvalue weighted by Crippen LogP contribution is 2.07. The third-order valence-electron chi connectivity index (χ3n) is 1.89. The molecule has 0 aliphatic rings. The molecule has 4 nitrogen and oxygen atoms in total. The molecule has 0 atom stereocenters. The van der Waals surface area contributed by atoms with Gasteiger partial charge in [0.2, 0.25) is 0 Å². The zero-order chi connectivity index (χ0) is 11.1. The van der Waals surface area contributed by atoms with Gasteiger partial charge >= 0.3 is 0 Å². The standard InChI is InChI=1S/C11H17N3O/c1-4-7-14-8-5-13-11(14)10(2)12-6-9-15-3/h4-5,7-8,12H,2,6,9H2,1,3H3/b7-4-. The maximum absolute atomic E-state index is 4.94. The predicted octanol–water partition coefficient (Wildman–Crippen LogP) is 1.58. The molecule has 1 N–H and O–H groups in total. The van der Waals surface area contributed by atoms with Crippen LogP contribution in [0.1, 0.15) is 12.7 Å². The van der Waals surface area contributed by atoms with E-state index in [2.05, 4.69) is 16.9 Å². The Morgan fingerprint density at radius 3 is 3.20 bits per heavy atom. The molecule has 0 aromatic carbocycles. The van der Waals surface area contributed by atoms with Crippen LogP contribution in [0.5, 0.6) is 0 Å². The predicted molar refractivity (Wildman–Crippen MR) is 62.1 cm³/mol. The van der Waals surface area contributed by atoms with Crippen molar-refractivity contribution in [1.29, 1.82) is 0 Å². The van der Waals surface area contributed by atoms with Crippen LogP contribution in [0.4, 0.5) is 0 Å². The number of hydrogen-bond donors (Lipinski definition) is 1. The fraction of sp³-hybridized carbons (Fsp3) is 0.364. The zero-order valence-corrected chi connectivity index (χ0v) is 9.23. The molecule has 0 spiro atoms. The number of hydrogen-bond acceptors (Lipinski definition) is 3. The van der Waals surface area contributed by atoms with Crippen molar-refractivity contribution < 1.29 is 4.74 Å². The fourth-order valence-corrected chi connectivity index (χ4v) is 1.21. The maximum Gasteiger partial charge on any atom is 0.159 e. The monoisotopic (exact) mass is 207 g/mol. The van der Waals surface area contributed by atoms with Crippen molar-refractivity contribution in [1.82, 2.24) is 14.9 Å². The van der Waals surface area contributed by atoms with E-state index in [0.29, 0.717) is 6.61 Å². The van der Waals surface area contributed by atoms with Gasteiger partial charge in [-0.15, -0.1) is 0 Å². The van der Waals surface area contributed by atoms with Crippen molar-refractivity contribution in [2.45, 2.75) is 6.92 Å². The quantitative estimate of drug-likeness (QED) is 0.720. The summed E-state index contributed by atoms with van der Waals surface area (Å²) in [5.74, 6) is 0.823. The second kappa shape index (κ2) is 6.03. The number of nitrogens with zero attached hydrogens (tertiary/aromatic N) is 2. The van der Waals surface area contributed by atoms with Gasteiger partial charge in [0.15, 0.2) is 5.82 Å². The van der Waals surface area contributed by atoms with Crippen LogP contribution in [0.25, 0.3) is 11.9 Å². The van der Waals surface area contributed by atoms with E-state index in [1.54, 1.807) is 13.3 Å². The second-order valence-electron chi connectivity index (χ2n) is 3.04. The summed E-state index contributed by atoms with van der Waals surface area (Å²) in [7, 11) is 1.67. The summed E-state index contributed by atoms with van der Waals surface area (Å²) in [6.45, 7) is 7.28. The van der Waals surface area contributed by atoms with Crippen LogP contribution in [0.2, 0.25) is 0 Å². The average Bonchev–Trinajstić information content (AvgIpc) is 2.67. The highest BCUT2D eigenvalue weighted by Gasteiger charge is 2.03. The smallest absolute Gasteiger partial charge is 0.159 e. The molecule has 0 saturated carbocycles. The molecule has 0 aliphatic carbocycles. The first kappa shape index (κ1) is 11.5. The molecule has 0 fully saturated rings. The molecule has 82 valence electrons. The minimum atomic E-state index is 0.656. The highest BCUT2D eigenvalue weighted by atomic mass is 16.5. The molecule has 4 heteroatoms. The Hall–Kier alpha value is -1.55. The van der Waals surface area contributed by atoms with Crippen molar-refractivity contribution in [2.24, 2.45) is 0 Å². The van der Waals surface area contributed by atoms with E-state index in [1.807, 2.05) is 30.0 Å². The van der Waals surface area contributed by atoms with Crippen molar-refractivity contribution in [2.75, 3.05) is 20.3 Å². The summed E-state index contributed by atoms with van der Waals surface area (Å²) in [5, 5.41) is 3.15. The summed E-state index contributed by atoms with van der Waals surface area (Å²) < 4.78 is 6.86. The van der Waals surface area contributed by atoms with Crippen LogP contribution in [0.3, 0.4) is 0 Å². The molecular formula is C11H17N3O. The van der Waals surface area contributed by atoms with Crippen molar-refractivity contribution in [3.05, 3.63) is 30.9 Å². The van der Waals surface area contributed by atoms with Gasteiger partial charge < -0.3 is 14.6 Å². The van der Waals surface area contributed by atoms with Gasteiger partial charge in [-0.3, -0.25) is 0 Å². The highest BCUT2D eigenvalue weighted by molar-refractivity contribution is 5.57. The van der Waals surface area contributed by atoms with E-state index in [4.69, 9.17) is 4.74 Å². The molecule has 1 aromatic rings. The minimum absolute atomic E-state index is 0.656. The van der Waals surface area contributed by atoms with E-state index in [0.717, 1.165) is 18.1 Å². The Labute approximate surface area is 90.3 Å². The number of methoxy groups -OCH3 is 1. The van der Waals surface area contributed by atoms with Crippen LogP contribution in [0, 0.1) is 0 Å². The average molecular weight is 207 g/mol. The maximum atomic E-state index is 4.94. The number of rotatable bonds is 6. The Morgan fingerprint density at radius 2 is 2.53 bits per heavy atom. The van der Waals surface area contributed by atoms with Crippen LogP contribution in [0.15, 0.2) is 25.0 Å². The SMILES string of the molecule is C=C(NCCOC)c1nccn1/C=C\C. The number of aromatic nitrogens is 2. The van der Waals surface area contributed by atoms with Gasteiger partial charge in [-0.2, -0.15) is 0 Å². The van der Waals surface area contributed by atoms with Crippen LogP contribution >= 0.6 is 0 Å². The lowest BCUT2D eigenvalue weighted by atomic mass is 10.4. The third-order valence-corrected chi connectivity index (χ3v) is 1.89. The summed E-state index contributed by atoms with van der Waals surface area (Å²) in [6.07, 6.45) is 7.52. The van der Waals surface area contributed by atoms with Crippen LogP contribution < -0.4 is 5.32 Å². The molecule has 0 radical (unpaired) electrons. The van der Waals surface area contributed by atoms with E-state index in [-0.39, 0.29) is 0 Å². The van der Waals surface area contributed by atoms with Gasteiger partial charge in [-0.25, -0.2) is 4.98 Å². The van der Waals surface area contributed by atoms with Crippen molar-refractivity contribution >= 4 is 11.9 Å². The molecule has 0 unspecified atom stereocenters. The van der Waals surface area contributed by atoms with Crippen LogP contribution in [-0.2, 0) is 4.74 Å². The van der Waals surface area contributed by atoms with Crippen molar-refractivity contribution in [3.8, 4) is 0 Å². The molecule has 15 heavy (non-hydrogen) atoms. The van der Waals surface area contributed by atoms with Gasteiger partial charge in [0.05, 0.1) is 12.3 Å². The molecule has 1 aromatic heterocycles. The van der Waals surface area contributed by atoms with E-state index < -0.39 is 0 Å². The van der Waals surface area contributed by atoms with Gasteiger partial charge in [-0.05, 0) is 6.92 Å². The third kappa shape index (κ3) is 3.25. The minimum Gasteiger partial charge on any atom is -0.383 e. The zero-order valence-electron chi connectivity index (χ0n) is 9.23. The van der Waals surface area contributed by atoms with Crippen LogP contribution in [-0.4, -0.2) is 29.8 Å². The number of imidazole rings is 1. The molecule has 0 saturated heterocycles. The first-order valence-electron chi connectivity index (χ1n) is 4.87. The first-order valence-corrected chi connectivity index (χ1v) is 4.87. The van der Waals surface area contributed by atoms with Gasteiger partial charge in [0, 0.05) is 32.2 Å².